The van der Waals surface area contributed by atoms with Gasteiger partial charge >= 0.3 is 0 Å². The largest absolute Gasteiger partial charge is 0.491 e. The molecule has 0 aliphatic carbocycles. The monoisotopic (exact) mass is 460 g/mol. The Bertz CT molecular complexity index is 1180. The third-order valence-corrected chi connectivity index (χ3v) is 5.44. The second-order valence-corrected chi connectivity index (χ2v) is 7.85. The highest BCUT2D eigenvalue weighted by Crippen LogP contribution is 2.29. The first-order chi connectivity index (χ1) is 15.0. The van der Waals surface area contributed by atoms with Gasteiger partial charge in [-0.2, -0.15) is 0 Å². The van der Waals surface area contributed by atoms with E-state index in [1.54, 1.807) is 30.3 Å². The number of hydrogen-bond donors (Lipinski definition) is 2. The molecule has 1 unspecified atom stereocenters. The van der Waals surface area contributed by atoms with Crippen LogP contribution in [0.25, 0.3) is 22.2 Å². The number of ether oxygens (including phenoxy) is 1. The first-order valence-corrected chi connectivity index (χ1v) is 10.4. The first kappa shape index (κ1) is 21.6. The van der Waals surface area contributed by atoms with Crippen molar-refractivity contribution in [1.82, 2.24) is 10.5 Å². The first-order valence-electron chi connectivity index (χ1n) is 9.60. The number of aromatic nitrogens is 1. The standard InChI is InChI=1S/C23H19Cl2FN2O3/c24-20-8-1-14(9-21(20)25)11-27-12-17(29)13-30-18-5-2-15(3-6-18)23-19-7-4-16(26)10-22(19)31-28-23/h1-10,17,27,29H,11-13H2. The lowest BCUT2D eigenvalue weighted by atomic mass is 10.1. The van der Waals surface area contributed by atoms with E-state index < -0.39 is 6.10 Å². The van der Waals surface area contributed by atoms with Crippen LogP contribution >= 0.6 is 23.2 Å². The molecule has 0 saturated heterocycles. The average Bonchev–Trinajstić information content (AvgIpc) is 3.18. The van der Waals surface area contributed by atoms with Crippen LogP contribution < -0.4 is 10.1 Å². The fourth-order valence-electron chi connectivity index (χ4n) is 3.11. The van der Waals surface area contributed by atoms with E-state index in [2.05, 4.69) is 10.5 Å². The number of hydrogen-bond acceptors (Lipinski definition) is 5. The van der Waals surface area contributed by atoms with Crippen LogP contribution in [0.2, 0.25) is 10.0 Å². The van der Waals surface area contributed by atoms with E-state index >= 15 is 0 Å². The van der Waals surface area contributed by atoms with Gasteiger partial charge in [0.2, 0.25) is 0 Å². The van der Waals surface area contributed by atoms with Gasteiger partial charge in [0, 0.05) is 30.1 Å². The number of aliphatic hydroxyl groups excluding tert-OH is 1. The molecule has 0 saturated carbocycles. The van der Waals surface area contributed by atoms with Crippen LogP contribution in [-0.2, 0) is 6.54 Å². The van der Waals surface area contributed by atoms with Gasteiger partial charge in [-0.25, -0.2) is 4.39 Å². The summed E-state index contributed by atoms with van der Waals surface area (Å²) in [6, 6.07) is 17.0. The van der Waals surface area contributed by atoms with Crippen LogP contribution in [-0.4, -0.2) is 29.5 Å². The summed E-state index contributed by atoms with van der Waals surface area (Å²) in [5, 5.41) is 19.1. The van der Waals surface area contributed by atoms with Crippen LogP contribution in [0.5, 0.6) is 5.75 Å². The van der Waals surface area contributed by atoms with Gasteiger partial charge in [0.1, 0.15) is 30.0 Å². The van der Waals surface area contributed by atoms with Gasteiger partial charge in [0.25, 0.3) is 0 Å². The number of aliphatic hydroxyl groups is 1. The topological polar surface area (TPSA) is 67.5 Å². The Balaban J connectivity index is 1.28. The van der Waals surface area contributed by atoms with Crippen molar-refractivity contribution < 1.29 is 18.8 Å². The SMILES string of the molecule is OC(CNCc1ccc(Cl)c(Cl)c1)COc1ccc(-c2noc3cc(F)ccc23)cc1. The van der Waals surface area contributed by atoms with Gasteiger partial charge in [-0.3, -0.25) is 0 Å². The summed E-state index contributed by atoms with van der Waals surface area (Å²) in [7, 11) is 0. The molecular weight excluding hydrogens is 442 g/mol. The van der Waals surface area contributed by atoms with Crippen molar-refractivity contribution in [2.24, 2.45) is 0 Å². The van der Waals surface area contributed by atoms with Gasteiger partial charge in [0.05, 0.1) is 10.0 Å². The van der Waals surface area contributed by atoms with E-state index in [0.717, 1.165) is 16.5 Å². The van der Waals surface area contributed by atoms with E-state index in [1.165, 1.54) is 12.1 Å². The molecule has 31 heavy (non-hydrogen) atoms. The fourth-order valence-corrected chi connectivity index (χ4v) is 3.43. The minimum atomic E-state index is -0.683. The summed E-state index contributed by atoms with van der Waals surface area (Å²) in [5.74, 6) is 0.245. The molecule has 0 aliphatic rings. The van der Waals surface area contributed by atoms with Crippen LogP contribution in [0.1, 0.15) is 5.56 Å². The second-order valence-electron chi connectivity index (χ2n) is 7.04. The average molecular weight is 461 g/mol. The summed E-state index contributed by atoms with van der Waals surface area (Å²) in [6.07, 6.45) is -0.683. The van der Waals surface area contributed by atoms with Gasteiger partial charge in [-0.15, -0.1) is 0 Å². The molecule has 1 heterocycles. The van der Waals surface area contributed by atoms with Crippen molar-refractivity contribution >= 4 is 34.2 Å². The molecule has 3 aromatic carbocycles. The molecule has 1 aromatic heterocycles. The quantitative estimate of drug-likeness (QED) is 0.364. The zero-order valence-electron chi connectivity index (χ0n) is 16.3. The Morgan fingerprint density at radius 1 is 1.03 bits per heavy atom. The van der Waals surface area contributed by atoms with E-state index in [0.29, 0.717) is 40.2 Å². The van der Waals surface area contributed by atoms with Crippen molar-refractivity contribution in [2.75, 3.05) is 13.2 Å². The van der Waals surface area contributed by atoms with Crippen LogP contribution in [0, 0.1) is 5.82 Å². The molecule has 5 nitrogen and oxygen atoms in total. The number of halogens is 3. The molecule has 8 heteroatoms. The highest BCUT2D eigenvalue weighted by Gasteiger charge is 2.12. The number of rotatable bonds is 8. The molecular formula is C23H19Cl2FN2O3. The molecule has 0 spiro atoms. The number of fused-ring (bicyclic) bond motifs is 1. The van der Waals surface area contributed by atoms with Gasteiger partial charge in [-0.05, 0) is 54.1 Å². The molecule has 0 aliphatic heterocycles. The normalized spacial score (nSPS) is 12.3. The minimum absolute atomic E-state index is 0.139. The number of nitrogens with one attached hydrogen (secondary N) is 1. The summed E-state index contributed by atoms with van der Waals surface area (Å²) in [6.45, 7) is 1.05. The van der Waals surface area contributed by atoms with Gasteiger partial charge in [-0.1, -0.05) is 34.4 Å². The molecule has 4 rings (SSSR count). The van der Waals surface area contributed by atoms with E-state index in [9.17, 15) is 9.50 Å². The van der Waals surface area contributed by atoms with Crippen LogP contribution in [0.3, 0.4) is 0 Å². The maximum atomic E-state index is 13.3. The van der Waals surface area contributed by atoms with Crippen molar-refractivity contribution in [1.29, 1.82) is 0 Å². The fraction of sp³-hybridized carbons (Fsp3) is 0.174. The molecule has 0 amide bonds. The molecule has 1 atom stereocenters. The van der Waals surface area contributed by atoms with Crippen LogP contribution in [0.4, 0.5) is 4.39 Å². The van der Waals surface area contributed by atoms with Crippen LogP contribution in [0.15, 0.2) is 65.2 Å². The molecule has 0 radical (unpaired) electrons. The zero-order valence-corrected chi connectivity index (χ0v) is 17.8. The van der Waals surface area contributed by atoms with Crippen molar-refractivity contribution in [3.63, 3.8) is 0 Å². The molecule has 160 valence electrons. The Labute approximate surface area is 188 Å². The molecule has 2 N–H and O–H groups in total. The number of nitrogens with zero attached hydrogens (tertiary/aromatic N) is 1. The van der Waals surface area contributed by atoms with Crippen molar-refractivity contribution in [2.45, 2.75) is 12.6 Å². The van der Waals surface area contributed by atoms with Gasteiger partial charge < -0.3 is 19.7 Å². The van der Waals surface area contributed by atoms with Crippen molar-refractivity contribution in [3.8, 4) is 17.0 Å². The Hall–Kier alpha value is -2.64. The maximum Gasteiger partial charge on any atom is 0.170 e. The summed E-state index contributed by atoms with van der Waals surface area (Å²) in [5.41, 5.74) is 2.82. The van der Waals surface area contributed by atoms with Gasteiger partial charge in [0.15, 0.2) is 5.58 Å². The molecule has 0 bridgehead atoms. The Morgan fingerprint density at radius 3 is 2.61 bits per heavy atom. The predicted octanol–water partition coefficient (Wildman–Crippen LogP) is 5.47. The predicted molar refractivity (Wildman–Crippen MR) is 119 cm³/mol. The third kappa shape index (κ3) is 5.35. The Kier molecular flexibility index (Phi) is 6.73. The summed E-state index contributed by atoms with van der Waals surface area (Å²) >= 11 is 11.9. The highest BCUT2D eigenvalue weighted by molar-refractivity contribution is 6.42. The minimum Gasteiger partial charge on any atom is -0.491 e. The highest BCUT2D eigenvalue weighted by atomic mass is 35.5. The lowest BCUT2D eigenvalue weighted by Gasteiger charge is -2.14. The summed E-state index contributed by atoms with van der Waals surface area (Å²) in [4.78, 5) is 0. The molecule has 4 aromatic rings. The van der Waals surface area contributed by atoms with Crippen molar-refractivity contribution in [3.05, 3.63) is 82.1 Å². The maximum absolute atomic E-state index is 13.3. The lowest BCUT2D eigenvalue weighted by molar-refractivity contribution is 0.106. The van der Waals surface area contributed by atoms with E-state index in [1.807, 2.05) is 18.2 Å². The lowest BCUT2D eigenvalue weighted by Crippen LogP contribution is -2.31. The summed E-state index contributed by atoms with van der Waals surface area (Å²) < 4.78 is 24.2. The smallest absolute Gasteiger partial charge is 0.170 e. The van der Waals surface area contributed by atoms with E-state index in [4.69, 9.17) is 32.5 Å². The number of benzene rings is 3. The molecule has 0 fully saturated rings. The zero-order chi connectivity index (χ0) is 21.8. The third-order valence-electron chi connectivity index (χ3n) is 4.70. The Morgan fingerprint density at radius 2 is 1.84 bits per heavy atom. The van der Waals surface area contributed by atoms with E-state index in [-0.39, 0.29) is 12.4 Å². The second kappa shape index (κ2) is 9.66.